The van der Waals surface area contributed by atoms with E-state index in [0.29, 0.717) is 30.9 Å². The summed E-state index contributed by atoms with van der Waals surface area (Å²) in [4.78, 5) is 54.4. The SMILES string of the molecule is CC(C)C[C@@H]1NC(=O)CC[C@@H](C(=O)NC2CCCC2)NC(=O)c2ccccc2OCCCCCCN(C)C1=O. The second-order valence-electron chi connectivity index (χ2n) is 11.3. The number of nitrogens with zero attached hydrogens (tertiary/aromatic N) is 1. The van der Waals surface area contributed by atoms with E-state index >= 15 is 0 Å². The second-order valence-corrected chi connectivity index (χ2v) is 11.3. The van der Waals surface area contributed by atoms with Crippen LogP contribution in [-0.4, -0.2) is 66.9 Å². The number of rotatable bonds is 4. The third-order valence-corrected chi connectivity index (χ3v) is 7.48. The van der Waals surface area contributed by atoms with Gasteiger partial charge in [0.2, 0.25) is 17.7 Å². The van der Waals surface area contributed by atoms with Gasteiger partial charge >= 0.3 is 0 Å². The van der Waals surface area contributed by atoms with Crippen molar-refractivity contribution in [3.8, 4) is 5.75 Å². The van der Waals surface area contributed by atoms with Crippen molar-refractivity contribution in [3.05, 3.63) is 29.8 Å². The van der Waals surface area contributed by atoms with E-state index in [-0.39, 0.29) is 42.5 Å². The molecule has 2 aliphatic rings. The van der Waals surface area contributed by atoms with E-state index in [1.54, 1.807) is 30.1 Å². The first-order valence-corrected chi connectivity index (χ1v) is 14.6. The van der Waals surface area contributed by atoms with Gasteiger partial charge in [0, 0.05) is 26.1 Å². The van der Waals surface area contributed by atoms with Crippen LogP contribution < -0.4 is 20.7 Å². The number of carbonyl (C=O) groups excluding carboxylic acids is 4. The highest BCUT2D eigenvalue weighted by Gasteiger charge is 2.29. The fraction of sp³-hybridized carbons (Fsp3) is 0.667. The van der Waals surface area contributed by atoms with Crippen molar-refractivity contribution in [1.29, 1.82) is 0 Å². The van der Waals surface area contributed by atoms with E-state index < -0.39 is 18.0 Å². The van der Waals surface area contributed by atoms with Crippen LogP contribution in [0.1, 0.15) is 94.8 Å². The van der Waals surface area contributed by atoms with Gasteiger partial charge in [-0.1, -0.05) is 51.7 Å². The zero-order valence-electron chi connectivity index (χ0n) is 23.8. The van der Waals surface area contributed by atoms with Gasteiger partial charge in [-0.2, -0.15) is 0 Å². The van der Waals surface area contributed by atoms with Crippen LogP contribution in [0.15, 0.2) is 24.3 Å². The molecule has 0 radical (unpaired) electrons. The highest BCUT2D eigenvalue weighted by atomic mass is 16.5. The molecule has 1 aromatic carbocycles. The monoisotopic (exact) mass is 542 g/mol. The van der Waals surface area contributed by atoms with Gasteiger partial charge in [-0.25, -0.2) is 0 Å². The van der Waals surface area contributed by atoms with Gasteiger partial charge in [0.05, 0.1) is 12.2 Å². The maximum Gasteiger partial charge on any atom is 0.255 e. The first-order valence-electron chi connectivity index (χ1n) is 14.6. The molecular weight excluding hydrogens is 496 g/mol. The Balaban J connectivity index is 1.80. The molecule has 1 aliphatic carbocycles. The van der Waals surface area contributed by atoms with E-state index in [1.165, 1.54) is 0 Å². The van der Waals surface area contributed by atoms with Gasteiger partial charge in [0.25, 0.3) is 5.91 Å². The lowest BCUT2D eigenvalue weighted by Crippen LogP contribution is -2.50. The van der Waals surface area contributed by atoms with E-state index in [9.17, 15) is 19.2 Å². The number of fused-ring (bicyclic) bond motifs is 1. The maximum atomic E-state index is 13.3. The van der Waals surface area contributed by atoms with E-state index in [2.05, 4.69) is 16.0 Å². The highest BCUT2D eigenvalue weighted by molar-refractivity contribution is 5.99. The Morgan fingerprint density at radius 1 is 1.00 bits per heavy atom. The number of benzene rings is 1. The number of carbonyl (C=O) groups is 4. The summed E-state index contributed by atoms with van der Waals surface area (Å²) in [6.45, 7) is 5.13. The molecule has 0 bridgehead atoms. The normalized spacial score (nSPS) is 23.1. The van der Waals surface area contributed by atoms with Crippen molar-refractivity contribution >= 4 is 23.6 Å². The molecule has 4 amide bonds. The fourth-order valence-electron chi connectivity index (χ4n) is 5.25. The minimum atomic E-state index is -0.888. The number of ether oxygens (including phenoxy) is 1. The number of amides is 4. The summed E-state index contributed by atoms with van der Waals surface area (Å²) in [5.74, 6) is -0.414. The molecule has 1 saturated carbocycles. The lowest BCUT2D eigenvalue weighted by Gasteiger charge is -2.26. The minimum absolute atomic E-state index is 0.00672. The van der Waals surface area contributed by atoms with Gasteiger partial charge in [-0.3, -0.25) is 19.2 Å². The number of likely N-dealkylation sites (N-methyl/N-ethyl adjacent to an activating group) is 1. The largest absolute Gasteiger partial charge is 0.493 e. The van der Waals surface area contributed by atoms with Crippen LogP contribution in [0, 0.1) is 5.92 Å². The molecule has 216 valence electrons. The van der Waals surface area contributed by atoms with Crippen molar-refractivity contribution in [2.24, 2.45) is 5.92 Å². The smallest absolute Gasteiger partial charge is 0.255 e. The highest BCUT2D eigenvalue weighted by Crippen LogP contribution is 2.20. The van der Waals surface area contributed by atoms with Crippen LogP contribution in [0.3, 0.4) is 0 Å². The third kappa shape index (κ3) is 9.86. The summed E-state index contributed by atoms with van der Waals surface area (Å²) >= 11 is 0. The third-order valence-electron chi connectivity index (χ3n) is 7.48. The molecule has 0 spiro atoms. The molecule has 1 fully saturated rings. The minimum Gasteiger partial charge on any atom is -0.493 e. The van der Waals surface area contributed by atoms with Crippen LogP contribution in [0.25, 0.3) is 0 Å². The standard InChI is InChI=1S/C30H46N4O5/c1-21(2)20-25-30(38)34(3)18-10-4-5-11-19-39-26-15-9-8-14-23(26)28(36)33-24(16-17-27(35)32-25)29(37)31-22-12-6-7-13-22/h8-9,14-15,21-22,24-25H,4-7,10-13,16-20H2,1-3H3,(H,31,37)(H,32,35)(H,33,36)/t24-,25-/m0/s1. The summed E-state index contributed by atoms with van der Waals surface area (Å²) in [7, 11) is 1.78. The summed E-state index contributed by atoms with van der Waals surface area (Å²) in [6, 6.07) is 5.60. The summed E-state index contributed by atoms with van der Waals surface area (Å²) in [5, 5.41) is 8.82. The molecule has 0 aromatic heterocycles. The van der Waals surface area contributed by atoms with Crippen molar-refractivity contribution < 1.29 is 23.9 Å². The average Bonchev–Trinajstić information content (AvgIpc) is 3.41. The molecule has 1 heterocycles. The molecular formula is C30H46N4O5. The fourth-order valence-corrected chi connectivity index (χ4v) is 5.25. The average molecular weight is 543 g/mol. The Hall–Kier alpha value is -3.10. The molecule has 2 atom stereocenters. The molecule has 9 nitrogen and oxygen atoms in total. The van der Waals surface area contributed by atoms with Crippen LogP contribution in [0.2, 0.25) is 0 Å². The summed E-state index contributed by atoms with van der Waals surface area (Å²) in [6.07, 6.45) is 8.19. The van der Waals surface area contributed by atoms with E-state index in [0.717, 1.165) is 51.4 Å². The predicted octanol–water partition coefficient (Wildman–Crippen LogP) is 3.57. The summed E-state index contributed by atoms with van der Waals surface area (Å²) in [5.41, 5.74) is 0.364. The van der Waals surface area contributed by atoms with E-state index in [4.69, 9.17) is 4.74 Å². The Morgan fingerprint density at radius 3 is 2.46 bits per heavy atom. The lowest BCUT2D eigenvalue weighted by atomic mass is 10.0. The first kappa shape index (κ1) is 30.4. The van der Waals surface area contributed by atoms with Crippen molar-refractivity contribution in [1.82, 2.24) is 20.9 Å². The molecule has 0 saturated heterocycles. The van der Waals surface area contributed by atoms with Crippen LogP contribution in [0.4, 0.5) is 0 Å². The number of hydrogen-bond donors (Lipinski definition) is 3. The molecule has 1 aromatic rings. The van der Waals surface area contributed by atoms with Gasteiger partial charge in [0.15, 0.2) is 0 Å². The van der Waals surface area contributed by atoms with Crippen LogP contribution in [0.5, 0.6) is 5.75 Å². The topological polar surface area (TPSA) is 117 Å². The van der Waals surface area contributed by atoms with Gasteiger partial charge < -0.3 is 25.6 Å². The Kier molecular flexibility index (Phi) is 12.1. The van der Waals surface area contributed by atoms with Crippen LogP contribution in [-0.2, 0) is 14.4 Å². The molecule has 9 heteroatoms. The number of para-hydroxylation sites is 1. The van der Waals surface area contributed by atoms with Gasteiger partial charge in [0.1, 0.15) is 17.8 Å². The number of hydrogen-bond acceptors (Lipinski definition) is 5. The quantitative estimate of drug-likeness (QED) is 0.538. The van der Waals surface area contributed by atoms with E-state index in [1.807, 2.05) is 19.9 Å². The van der Waals surface area contributed by atoms with Crippen molar-refractivity contribution in [2.45, 2.75) is 103 Å². The molecule has 1 aliphatic heterocycles. The van der Waals surface area contributed by atoms with Gasteiger partial charge in [-0.05, 0) is 56.6 Å². The molecule has 3 rings (SSSR count). The maximum absolute atomic E-state index is 13.3. The zero-order chi connectivity index (χ0) is 28.2. The first-order chi connectivity index (χ1) is 18.7. The number of nitrogens with one attached hydrogen (secondary N) is 3. The lowest BCUT2D eigenvalue weighted by molar-refractivity contribution is -0.136. The van der Waals surface area contributed by atoms with Crippen molar-refractivity contribution in [3.63, 3.8) is 0 Å². The predicted molar refractivity (Wildman–Crippen MR) is 150 cm³/mol. The Morgan fingerprint density at radius 2 is 1.72 bits per heavy atom. The molecule has 0 unspecified atom stereocenters. The Bertz CT molecular complexity index is 976. The van der Waals surface area contributed by atoms with Crippen LogP contribution >= 0.6 is 0 Å². The molecule has 3 N–H and O–H groups in total. The summed E-state index contributed by atoms with van der Waals surface area (Å²) < 4.78 is 5.94. The van der Waals surface area contributed by atoms with Crippen molar-refractivity contribution in [2.75, 3.05) is 20.2 Å². The zero-order valence-corrected chi connectivity index (χ0v) is 23.8. The molecule has 39 heavy (non-hydrogen) atoms. The second kappa shape index (κ2) is 15.5. The Labute approximate surface area is 232 Å². The van der Waals surface area contributed by atoms with Gasteiger partial charge in [-0.15, -0.1) is 0 Å².